The molecule has 1 N–H and O–H groups in total. The number of anilines is 1. The van der Waals surface area contributed by atoms with E-state index in [1.807, 2.05) is 10.9 Å². The number of hydrogen-bond donors (Lipinski definition) is 1. The minimum absolute atomic E-state index is 0.0200. The molecule has 0 unspecified atom stereocenters. The summed E-state index contributed by atoms with van der Waals surface area (Å²) in [5, 5.41) is 7.33. The zero-order valence-corrected chi connectivity index (χ0v) is 15.3. The minimum Gasteiger partial charge on any atom is -0.376 e. The Morgan fingerprint density at radius 2 is 2.16 bits per heavy atom. The van der Waals surface area contributed by atoms with Gasteiger partial charge in [0.15, 0.2) is 0 Å². The fourth-order valence-electron chi connectivity index (χ4n) is 3.67. The maximum atomic E-state index is 12.6. The van der Waals surface area contributed by atoms with Gasteiger partial charge in [-0.3, -0.25) is 9.48 Å². The molecule has 3 heterocycles. The molecule has 1 saturated heterocycles. The lowest BCUT2D eigenvalue weighted by Gasteiger charge is -2.08. The molecule has 1 amide bonds. The van der Waals surface area contributed by atoms with Crippen molar-refractivity contribution in [3.8, 4) is 0 Å². The number of aromatic nitrogens is 2. The zero-order valence-electron chi connectivity index (χ0n) is 14.5. The standard InChI is InChI=1S/C19H25N3O2S/c23-19(18-10-14-6-3-1-2-4-8-17(14)25-18)21-15-11-20-22(12-15)13-16-7-5-9-24-16/h10-12,16H,1-9,13H2,(H,21,23)/t16-/m1/s1. The molecule has 1 fully saturated rings. The van der Waals surface area contributed by atoms with E-state index in [9.17, 15) is 4.79 Å². The molecule has 2 aromatic heterocycles. The Morgan fingerprint density at radius 3 is 3.00 bits per heavy atom. The molecule has 2 aromatic rings. The average molecular weight is 359 g/mol. The van der Waals surface area contributed by atoms with Crippen molar-refractivity contribution >= 4 is 22.9 Å². The number of thiophene rings is 1. The first-order valence-electron chi connectivity index (χ1n) is 9.35. The number of rotatable bonds is 4. The number of carbonyl (C=O) groups excluding carboxylic acids is 1. The number of nitrogens with one attached hydrogen (secondary N) is 1. The first kappa shape index (κ1) is 16.8. The van der Waals surface area contributed by atoms with Crippen molar-refractivity contribution in [1.82, 2.24) is 9.78 Å². The van der Waals surface area contributed by atoms with Crippen molar-refractivity contribution in [2.24, 2.45) is 0 Å². The van der Waals surface area contributed by atoms with E-state index in [-0.39, 0.29) is 12.0 Å². The summed E-state index contributed by atoms with van der Waals surface area (Å²) in [7, 11) is 0. The summed E-state index contributed by atoms with van der Waals surface area (Å²) < 4.78 is 7.50. The van der Waals surface area contributed by atoms with Gasteiger partial charge in [-0.15, -0.1) is 11.3 Å². The van der Waals surface area contributed by atoms with E-state index >= 15 is 0 Å². The lowest BCUT2D eigenvalue weighted by Crippen LogP contribution is -2.15. The SMILES string of the molecule is O=C(Nc1cnn(C[C@H]2CCCO2)c1)c1cc2c(s1)CCCCCC2. The van der Waals surface area contributed by atoms with E-state index in [1.54, 1.807) is 17.5 Å². The molecule has 2 aliphatic rings. The second kappa shape index (κ2) is 7.70. The summed E-state index contributed by atoms with van der Waals surface area (Å²) in [6.45, 7) is 1.60. The summed E-state index contributed by atoms with van der Waals surface area (Å²) in [6.07, 6.45) is 13.4. The van der Waals surface area contributed by atoms with E-state index < -0.39 is 0 Å². The Balaban J connectivity index is 1.40. The second-order valence-electron chi connectivity index (χ2n) is 7.01. The molecule has 1 aliphatic heterocycles. The molecule has 0 saturated carbocycles. The van der Waals surface area contributed by atoms with Gasteiger partial charge in [0, 0.05) is 17.7 Å². The van der Waals surface area contributed by atoms with Gasteiger partial charge < -0.3 is 10.1 Å². The highest BCUT2D eigenvalue weighted by molar-refractivity contribution is 7.14. The predicted molar refractivity (Wildman–Crippen MR) is 99.3 cm³/mol. The second-order valence-corrected chi connectivity index (χ2v) is 8.15. The molecular weight excluding hydrogens is 334 g/mol. The van der Waals surface area contributed by atoms with Crippen LogP contribution in [0, 0.1) is 0 Å². The monoisotopic (exact) mass is 359 g/mol. The van der Waals surface area contributed by atoms with E-state index in [4.69, 9.17) is 4.74 Å². The third kappa shape index (κ3) is 4.12. The van der Waals surface area contributed by atoms with Crippen molar-refractivity contribution in [1.29, 1.82) is 0 Å². The molecule has 0 aromatic carbocycles. The van der Waals surface area contributed by atoms with Gasteiger partial charge >= 0.3 is 0 Å². The van der Waals surface area contributed by atoms with Crippen LogP contribution < -0.4 is 5.32 Å². The molecule has 134 valence electrons. The Labute approximate surface area is 152 Å². The molecule has 1 aliphatic carbocycles. The number of ether oxygens (including phenoxy) is 1. The topological polar surface area (TPSA) is 56.2 Å². The molecule has 0 radical (unpaired) electrons. The predicted octanol–water partition coefficient (Wildman–Crippen LogP) is 4.03. The fourth-order valence-corrected chi connectivity index (χ4v) is 4.82. The molecule has 1 atom stereocenters. The third-order valence-electron chi connectivity index (χ3n) is 5.03. The minimum atomic E-state index is -0.0200. The smallest absolute Gasteiger partial charge is 0.265 e. The normalized spacial score (nSPS) is 20.7. The van der Waals surface area contributed by atoms with E-state index in [0.29, 0.717) is 0 Å². The van der Waals surface area contributed by atoms with Crippen molar-refractivity contribution in [3.63, 3.8) is 0 Å². The van der Waals surface area contributed by atoms with Crippen LogP contribution in [-0.4, -0.2) is 28.4 Å². The van der Waals surface area contributed by atoms with Crippen molar-refractivity contribution < 1.29 is 9.53 Å². The van der Waals surface area contributed by atoms with Gasteiger partial charge in [0.05, 0.1) is 29.4 Å². The molecular formula is C19H25N3O2S. The zero-order chi connectivity index (χ0) is 17.1. The lowest BCUT2D eigenvalue weighted by atomic mass is 10.00. The molecule has 6 heteroatoms. The lowest BCUT2D eigenvalue weighted by molar-refractivity contribution is 0.0940. The summed E-state index contributed by atoms with van der Waals surface area (Å²) in [5.41, 5.74) is 2.13. The average Bonchev–Trinajstić information content (AvgIpc) is 3.30. The van der Waals surface area contributed by atoms with Gasteiger partial charge in [-0.1, -0.05) is 12.8 Å². The molecule has 4 rings (SSSR count). The van der Waals surface area contributed by atoms with Crippen LogP contribution in [0.4, 0.5) is 5.69 Å². The quantitative estimate of drug-likeness (QED) is 0.896. The van der Waals surface area contributed by atoms with Crippen LogP contribution in [0.5, 0.6) is 0 Å². The van der Waals surface area contributed by atoms with Gasteiger partial charge in [-0.25, -0.2) is 0 Å². The largest absolute Gasteiger partial charge is 0.376 e. The Hall–Kier alpha value is -1.66. The molecule has 5 nitrogen and oxygen atoms in total. The van der Waals surface area contributed by atoms with Gasteiger partial charge in [0.2, 0.25) is 0 Å². The Morgan fingerprint density at radius 1 is 1.28 bits per heavy atom. The van der Waals surface area contributed by atoms with Gasteiger partial charge in [0.1, 0.15) is 0 Å². The highest BCUT2D eigenvalue weighted by atomic mass is 32.1. The molecule has 0 spiro atoms. The highest BCUT2D eigenvalue weighted by Gasteiger charge is 2.18. The van der Waals surface area contributed by atoms with E-state index in [0.717, 1.165) is 49.4 Å². The summed E-state index contributed by atoms with van der Waals surface area (Å²) in [4.78, 5) is 14.8. The molecule has 0 bridgehead atoms. The number of fused-ring (bicyclic) bond motifs is 1. The summed E-state index contributed by atoms with van der Waals surface area (Å²) >= 11 is 1.66. The van der Waals surface area contributed by atoms with Gasteiger partial charge in [0.25, 0.3) is 5.91 Å². The summed E-state index contributed by atoms with van der Waals surface area (Å²) in [6, 6.07) is 2.09. The van der Waals surface area contributed by atoms with Crippen LogP contribution in [0.3, 0.4) is 0 Å². The Kier molecular flexibility index (Phi) is 5.17. The molecule has 25 heavy (non-hydrogen) atoms. The number of nitrogens with zero attached hydrogens (tertiary/aromatic N) is 2. The van der Waals surface area contributed by atoms with Crippen LogP contribution in [0.25, 0.3) is 0 Å². The maximum Gasteiger partial charge on any atom is 0.265 e. The number of amides is 1. The van der Waals surface area contributed by atoms with Gasteiger partial charge in [-0.2, -0.15) is 5.10 Å². The number of hydrogen-bond acceptors (Lipinski definition) is 4. The van der Waals surface area contributed by atoms with Crippen LogP contribution in [0.1, 0.15) is 58.6 Å². The van der Waals surface area contributed by atoms with Crippen molar-refractivity contribution in [2.75, 3.05) is 11.9 Å². The van der Waals surface area contributed by atoms with Gasteiger partial charge in [-0.05, 0) is 50.2 Å². The van der Waals surface area contributed by atoms with Crippen LogP contribution in [0.2, 0.25) is 0 Å². The summed E-state index contributed by atoms with van der Waals surface area (Å²) in [5.74, 6) is -0.0200. The van der Waals surface area contributed by atoms with Crippen LogP contribution >= 0.6 is 11.3 Å². The Bertz CT molecular complexity index is 705. The maximum absolute atomic E-state index is 12.6. The first-order valence-corrected chi connectivity index (χ1v) is 10.2. The highest BCUT2D eigenvalue weighted by Crippen LogP contribution is 2.29. The van der Waals surface area contributed by atoms with Crippen molar-refractivity contribution in [2.45, 2.75) is 64.0 Å². The number of aryl methyl sites for hydroxylation is 2. The number of carbonyl (C=O) groups is 1. The van der Waals surface area contributed by atoms with Crippen molar-refractivity contribution in [3.05, 3.63) is 33.8 Å². The van der Waals surface area contributed by atoms with Crippen LogP contribution in [0.15, 0.2) is 18.5 Å². The van der Waals surface area contributed by atoms with Crippen LogP contribution in [-0.2, 0) is 24.1 Å². The fraction of sp³-hybridized carbons (Fsp3) is 0.579. The third-order valence-corrected chi connectivity index (χ3v) is 6.26. The van der Waals surface area contributed by atoms with E-state index in [1.165, 1.54) is 36.1 Å². The van der Waals surface area contributed by atoms with E-state index in [2.05, 4.69) is 16.5 Å². The first-order chi connectivity index (χ1) is 12.3.